The van der Waals surface area contributed by atoms with Crippen molar-refractivity contribution in [2.24, 2.45) is 0 Å². The Bertz CT molecular complexity index is 1620. The third-order valence-corrected chi connectivity index (χ3v) is 10.6. The first-order valence-corrected chi connectivity index (χ1v) is 19.0. The summed E-state index contributed by atoms with van der Waals surface area (Å²) in [6, 6.07) is 16.3. The zero-order chi connectivity index (χ0) is 38.0. The standard InChI is InChI=1S/C40H54ClN3O9/c1-26(5-4-8-37(49)44(17-19-52-20-18-45)24-34(47)38(50)39(51)35(48)25-46)27-9-12-33(41)28(21-27)22-43-40(14-15-40)32-23-42-16-13-30(32)31-6-2-3-7-36(31)53-29-10-11-29/h2-3,6-7,9,12-13,16,21,23,26,29,34-35,38-39,43,45-48,50-51H,4-5,8,10-11,14-15,17-20,22,24-25H2,1H3. The molecule has 7 N–H and O–H groups in total. The molecule has 2 saturated carbocycles. The summed E-state index contributed by atoms with van der Waals surface area (Å²) in [6.07, 6.45) is 2.82. The van der Waals surface area contributed by atoms with Crippen LogP contribution < -0.4 is 10.1 Å². The van der Waals surface area contributed by atoms with Crippen molar-refractivity contribution >= 4 is 17.5 Å². The molecule has 5 unspecified atom stereocenters. The molecule has 0 spiro atoms. The van der Waals surface area contributed by atoms with Gasteiger partial charge in [0.05, 0.1) is 32.5 Å². The number of hydrogen-bond acceptors (Lipinski definition) is 11. The van der Waals surface area contributed by atoms with Crippen LogP contribution in [0, 0.1) is 0 Å². The fourth-order valence-corrected chi connectivity index (χ4v) is 6.76. The van der Waals surface area contributed by atoms with Crippen LogP contribution in [-0.2, 0) is 21.6 Å². The van der Waals surface area contributed by atoms with E-state index in [1.54, 1.807) is 0 Å². The molecule has 2 aliphatic rings. The van der Waals surface area contributed by atoms with Gasteiger partial charge < -0.3 is 50.3 Å². The molecule has 1 aromatic heterocycles. The number of carbonyl (C=O) groups excluding carboxylic acids is 1. The predicted octanol–water partition coefficient (Wildman–Crippen LogP) is 3.27. The van der Waals surface area contributed by atoms with Crippen LogP contribution in [0.25, 0.3) is 11.1 Å². The van der Waals surface area contributed by atoms with Gasteiger partial charge in [-0.05, 0) is 84.9 Å². The van der Waals surface area contributed by atoms with E-state index in [4.69, 9.17) is 31.3 Å². The minimum Gasteiger partial charge on any atom is -0.490 e. The van der Waals surface area contributed by atoms with E-state index in [-0.39, 0.29) is 56.7 Å². The zero-order valence-electron chi connectivity index (χ0n) is 30.3. The maximum absolute atomic E-state index is 13.3. The van der Waals surface area contributed by atoms with Gasteiger partial charge in [0.2, 0.25) is 5.91 Å². The average molecular weight is 756 g/mol. The summed E-state index contributed by atoms with van der Waals surface area (Å²) in [5.41, 5.74) is 5.19. The Morgan fingerprint density at radius 2 is 1.77 bits per heavy atom. The number of ether oxygens (including phenoxy) is 2. The van der Waals surface area contributed by atoms with Gasteiger partial charge in [-0.2, -0.15) is 0 Å². The third-order valence-electron chi connectivity index (χ3n) is 10.2. The monoisotopic (exact) mass is 755 g/mol. The molecular formula is C40H54ClN3O9. The van der Waals surface area contributed by atoms with Gasteiger partial charge in [-0.15, -0.1) is 0 Å². The van der Waals surface area contributed by atoms with E-state index in [1.807, 2.05) is 42.7 Å². The Labute approximate surface area is 316 Å². The molecule has 290 valence electrons. The van der Waals surface area contributed by atoms with Crippen LogP contribution >= 0.6 is 11.6 Å². The number of nitrogens with zero attached hydrogens (tertiary/aromatic N) is 2. The average Bonchev–Trinajstić information content (AvgIpc) is 4.12. The highest BCUT2D eigenvalue weighted by atomic mass is 35.5. The maximum atomic E-state index is 13.3. The lowest BCUT2D eigenvalue weighted by Gasteiger charge is -2.30. The van der Waals surface area contributed by atoms with Crippen molar-refractivity contribution < 1.29 is 44.9 Å². The quantitative estimate of drug-likeness (QED) is 0.0705. The summed E-state index contributed by atoms with van der Waals surface area (Å²) >= 11 is 6.73. The molecular weight excluding hydrogens is 702 g/mol. The molecule has 0 bridgehead atoms. The molecule has 2 aliphatic carbocycles. The van der Waals surface area contributed by atoms with Crippen molar-refractivity contribution in [1.82, 2.24) is 15.2 Å². The highest BCUT2D eigenvalue weighted by Gasteiger charge is 2.46. The number of benzene rings is 2. The van der Waals surface area contributed by atoms with E-state index in [1.165, 1.54) is 4.90 Å². The second kappa shape index (κ2) is 19.4. The second-order valence-electron chi connectivity index (χ2n) is 14.3. The number of amides is 1. The van der Waals surface area contributed by atoms with Crippen molar-refractivity contribution in [3.05, 3.63) is 82.6 Å². The lowest BCUT2D eigenvalue weighted by atomic mass is 9.93. The van der Waals surface area contributed by atoms with Crippen molar-refractivity contribution in [3.8, 4) is 16.9 Å². The van der Waals surface area contributed by atoms with Crippen LogP contribution in [0.5, 0.6) is 5.75 Å². The molecule has 2 aromatic carbocycles. The van der Waals surface area contributed by atoms with E-state index in [0.717, 1.165) is 59.3 Å². The van der Waals surface area contributed by atoms with Gasteiger partial charge in [0.1, 0.15) is 30.2 Å². The third kappa shape index (κ3) is 11.2. The highest BCUT2D eigenvalue weighted by molar-refractivity contribution is 6.31. The molecule has 5 rings (SSSR count). The van der Waals surface area contributed by atoms with E-state index >= 15 is 0 Å². The first kappa shape index (κ1) is 41.0. The molecule has 1 amide bonds. The summed E-state index contributed by atoms with van der Waals surface area (Å²) in [5.74, 6) is 0.738. The summed E-state index contributed by atoms with van der Waals surface area (Å²) in [4.78, 5) is 19.1. The fourth-order valence-electron chi connectivity index (χ4n) is 6.58. The Morgan fingerprint density at radius 1 is 1.02 bits per heavy atom. The molecule has 0 radical (unpaired) electrons. The zero-order valence-corrected chi connectivity index (χ0v) is 31.1. The molecule has 0 aliphatic heterocycles. The predicted molar refractivity (Wildman–Crippen MR) is 200 cm³/mol. The summed E-state index contributed by atoms with van der Waals surface area (Å²) < 4.78 is 11.6. The topological polar surface area (TPSA) is 185 Å². The fraction of sp³-hybridized carbons (Fsp3) is 0.550. The number of nitrogens with one attached hydrogen (secondary N) is 1. The molecule has 0 saturated heterocycles. The molecule has 53 heavy (non-hydrogen) atoms. The van der Waals surface area contributed by atoms with E-state index in [9.17, 15) is 25.2 Å². The van der Waals surface area contributed by atoms with Crippen molar-refractivity contribution in [2.45, 2.75) is 100 Å². The molecule has 12 nitrogen and oxygen atoms in total. The Hall–Kier alpha value is -3.17. The van der Waals surface area contributed by atoms with Crippen LogP contribution in [0.2, 0.25) is 5.02 Å². The van der Waals surface area contributed by atoms with Gasteiger partial charge in [0, 0.05) is 54.6 Å². The molecule has 2 fully saturated rings. The minimum atomic E-state index is -1.80. The lowest BCUT2D eigenvalue weighted by molar-refractivity contribution is -0.140. The first-order valence-electron chi connectivity index (χ1n) is 18.6. The number of pyridine rings is 1. The Morgan fingerprint density at radius 3 is 2.49 bits per heavy atom. The normalized spacial score (nSPS) is 17.8. The van der Waals surface area contributed by atoms with Crippen molar-refractivity contribution in [1.29, 1.82) is 0 Å². The van der Waals surface area contributed by atoms with Gasteiger partial charge in [-0.1, -0.05) is 48.9 Å². The number of para-hydroxylation sites is 1. The summed E-state index contributed by atoms with van der Waals surface area (Å²) in [5, 5.41) is 63.1. The number of aliphatic hydroxyl groups is 6. The minimum absolute atomic E-state index is 0.0838. The highest BCUT2D eigenvalue weighted by Crippen LogP contribution is 2.50. The van der Waals surface area contributed by atoms with Gasteiger partial charge in [0.15, 0.2) is 0 Å². The van der Waals surface area contributed by atoms with Crippen LogP contribution in [0.15, 0.2) is 60.9 Å². The maximum Gasteiger partial charge on any atom is 0.222 e. The Balaban J connectivity index is 1.18. The number of hydrogen-bond donors (Lipinski definition) is 7. The second-order valence-corrected chi connectivity index (χ2v) is 14.7. The van der Waals surface area contributed by atoms with Crippen LogP contribution in [0.3, 0.4) is 0 Å². The van der Waals surface area contributed by atoms with Gasteiger partial charge >= 0.3 is 0 Å². The summed E-state index contributed by atoms with van der Waals surface area (Å²) in [7, 11) is 0. The number of aromatic nitrogens is 1. The van der Waals surface area contributed by atoms with E-state index < -0.39 is 31.0 Å². The number of halogens is 1. The molecule has 13 heteroatoms. The van der Waals surface area contributed by atoms with Crippen LogP contribution in [0.4, 0.5) is 0 Å². The molecule has 1 heterocycles. The first-order chi connectivity index (χ1) is 25.6. The number of rotatable bonds is 23. The molecule has 5 atom stereocenters. The van der Waals surface area contributed by atoms with E-state index in [2.05, 4.69) is 35.4 Å². The Kier molecular flexibility index (Phi) is 15.0. The SMILES string of the molecule is CC(CCCC(=O)N(CCOCCO)CC(O)C(O)C(O)C(O)CO)c1ccc(Cl)c(CNC2(c3cnccc3-c3ccccc3OC3CC3)CC2)c1. The van der Waals surface area contributed by atoms with Crippen molar-refractivity contribution in [2.75, 3.05) is 39.5 Å². The molecule has 3 aromatic rings. The summed E-state index contributed by atoms with van der Waals surface area (Å²) in [6.45, 7) is 1.64. The van der Waals surface area contributed by atoms with E-state index in [0.29, 0.717) is 30.5 Å². The van der Waals surface area contributed by atoms with Gasteiger partial charge in [-0.25, -0.2) is 0 Å². The number of aliphatic hydroxyl groups excluding tert-OH is 6. The van der Waals surface area contributed by atoms with Gasteiger partial charge in [0.25, 0.3) is 0 Å². The van der Waals surface area contributed by atoms with Crippen LogP contribution in [0.1, 0.15) is 74.5 Å². The largest absolute Gasteiger partial charge is 0.490 e. The smallest absolute Gasteiger partial charge is 0.222 e. The number of carbonyl (C=O) groups is 1. The van der Waals surface area contributed by atoms with Crippen LogP contribution in [-0.4, -0.2) is 116 Å². The van der Waals surface area contributed by atoms with Gasteiger partial charge in [-0.3, -0.25) is 9.78 Å². The lowest BCUT2D eigenvalue weighted by Crippen LogP contribution is -2.51. The van der Waals surface area contributed by atoms with Crippen molar-refractivity contribution in [3.63, 3.8) is 0 Å².